The van der Waals surface area contributed by atoms with Crippen LogP contribution in [0.5, 0.6) is 0 Å². The second-order valence-electron chi connectivity index (χ2n) is 6.31. The van der Waals surface area contributed by atoms with E-state index in [4.69, 9.17) is 16.9 Å². The number of hydrogen-bond donors (Lipinski definition) is 1. The van der Waals surface area contributed by atoms with Crippen molar-refractivity contribution in [2.24, 2.45) is 0 Å². The van der Waals surface area contributed by atoms with E-state index in [1.54, 1.807) is 0 Å². The molecule has 3 aromatic rings. The monoisotopic (exact) mass is 352 g/mol. The molecule has 0 amide bonds. The minimum atomic E-state index is 0.188. The van der Waals surface area contributed by atoms with Gasteiger partial charge in [-0.05, 0) is 37.8 Å². The van der Waals surface area contributed by atoms with Gasteiger partial charge in [0.25, 0.3) is 0 Å². The number of para-hydroxylation sites is 2. The molecule has 2 heterocycles. The highest BCUT2D eigenvalue weighted by Gasteiger charge is 2.25. The molecule has 1 aliphatic rings. The number of imidazole rings is 1. The highest BCUT2D eigenvalue weighted by Crippen LogP contribution is 2.32. The summed E-state index contributed by atoms with van der Waals surface area (Å²) in [5.74, 6) is 0.477. The first kappa shape index (κ1) is 15.9. The zero-order chi connectivity index (χ0) is 17.2. The van der Waals surface area contributed by atoms with Crippen molar-refractivity contribution in [2.45, 2.75) is 37.8 Å². The molecule has 0 aliphatic heterocycles. The number of nitriles is 1. The second-order valence-corrected chi connectivity index (χ2v) is 6.67. The number of benzene rings is 1. The minimum absolute atomic E-state index is 0.188. The van der Waals surface area contributed by atoms with E-state index in [2.05, 4.69) is 30.9 Å². The Morgan fingerprint density at radius 2 is 2.12 bits per heavy atom. The molecule has 7 heteroatoms. The van der Waals surface area contributed by atoms with Crippen molar-refractivity contribution >= 4 is 28.6 Å². The van der Waals surface area contributed by atoms with E-state index in [0.717, 1.165) is 31.2 Å². The summed E-state index contributed by atoms with van der Waals surface area (Å²) in [6.07, 6.45) is 7.69. The van der Waals surface area contributed by atoms with Crippen LogP contribution in [0.1, 0.15) is 37.3 Å². The van der Waals surface area contributed by atoms with Crippen LogP contribution in [-0.2, 0) is 0 Å². The first-order valence-electron chi connectivity index (χ1n) is 8.35. The highest BCUT2D eigenvalue weighted by atomic mass is 35.5. The number of nitrogens with one attached hydrogen (secondary N) is 1. The molecule has 2 aromatic heterocycles. The van der Waals surface area contributed by atoms with Gasteiger partial charge in [0.05, 0.1) is 23.6 Å². The second kappa shape index (κ2) is 6.69. The summed E-state index contributed by atoms with van der Waals surface area (Å²) in [7, 11) is 0. The van der Waals surface area contributed by atoms with Gasteiger partial charge in [0.15, 0.2) is 5.15 Å². The van der Waals surface area contributed by atoms with Gasteiger partial charge in [-0.2, -0.15) is 10.2 Å². The Hall–Kier alpha value is -2.65. The van der Waals surface area contributed by atoms with Gasteiger partial charge in [-0.3, -0.25) is 0 Å². The fraction of sp³-hybridized carbons (Fsp3) is 0.333. The lowest BCUT2D eigenvalue weighted by molar-refractivity contribution is 0.336. The molecule has 1 saturated carbocycles. The molecule has 2 atom stereocenters. The fourth-order valence-corrected chi connectivity index (χ4v) is 3.68. The van der Waals surface area contributed by atoms with Crippen LogP contribution in [-0.4, -0.2) is 25.6 Å². The van der Waals surface area contributed by atoms with Gasteiger partial charge < -0.3 is 9.88 Å². The van der Waals surface area contributed by atoms with Gasteiger partial charge in [0.1, 0.15) is 11.6 Å². The zero-order valence-electron chi connectivity index (χ0n) is 13.6. The topological polar surface area (TPSA) is 79.4 Å². The first-order chi connectivity index (χ1) is 12.2. The third-order valence-corrected chi connectivity index (χ3v) is 5.01. The van der Waals surface area contributed by atoms with E-state index in [-0.39, 0.29) is 11.2 Å². The Balaban J connectivity index is 1.51. The van der Waals surface area contributed by atoms with Gasteiger partial charge in [0.2, 0.25) is 5.95 Å². The molecular formula is C18H17ClN6. The number of fused-ring (bicyclic) bond motifs is 1. The molecule has 6 nitrogen and oxygen atoms in total. The van der Waals surface area contributed by atoms with Crippen LogP contribution in [0.4, 0.5) is 5.95 Å². The normalized spacial score (nSPS) is 20.3. The van der Waals surface area contributed by atoms with Crippen LogP contribution in [0, 0.1) is 11.3 Å². The minimum Gasteiger partial charge on any atom is -0.351 e. The maximum Gasteiger partial charge on any atom is 0.224 e. The lowest BCUT2D eigenvalue weighted by Crippen LogP contribution is -2.29. The molecule has 0 saturated heterocycles. The molecule has 126 valence electrons. The Kier molecular flexibility index (Phi) is 4.24. The third kappa shape index (κ3) is 3.15. The van der Waals surface area contributed by atoms with E-state index in [1.165, 1.54) is 11.7 Å². The fourth-order valence-electron chi connectivity index (χ4n) is 3.51. The van der Waals surface area contributed by atoms with Crippen molar-refractivity contribution in [1.82, 2.24) is 19.5 Å². The Morgan fingerprint density at radius 3 is 2.96 bits per heavy atom. The predicted molar refractivity (Wildman–Crippen MR) is 96.4 cm³/mol. The van der Waals surface area contributed by atoms with E-state index in [0.29, 0.717) is 17.6 Å². The number of nitrogens with zero attached hydrogens (tertiary/aromatic N) is 5. The first-order valence-corrected chi connectivity index (χ1v) is 8.73. The maximum absolute atomic E-state index is 8.91. The summed E-state index contributed by atoms with van der Waals surface area (Å²) in [4.78, 5) is 12.9. The van der Waals surface area contributed by atoms with Gasteiger partial charge >= 0.3 is 0 Å². The van der Waals surface area contributed by atoms with Crippen LogP contribution >= 0.6 is 11.6 Å². The van der Waals surface area contributed by atoms with Crippen molar-refractivity contribution < 1.29 is 0 Å². The number of rotatable bonds is 3. The van der Waals surface area contributed by atoms with Crippen LogP contribution in [0.25, 0.3) is 11.0 Å². The van der Waals surface area contributed by atoms with E-state index in [1.807, 2.05) is 30.6 Å². The molecule has 0 unspecified atom stereocenters. The smallest absolute Gasteiger partial charge is 0.224 e. The third-order valence-electron chi connectivity index (χ3n) is 4.72. The van der Waals surface area contributed by atoms with Gasteiger partial charge in [0, 0.05) is 12.1 Å². The van der Waals surface area contributed by atoms with Crippen molar-refractivity contribution in [1.29, 1.82) is 5.26 Å². The molecule has 1 fully saturated rings. The van der Waals surface area contributed by atoms with Crippen LogP contribution < -0.4 is 5.32 Å². The van der Waals surface area contributed by atoms with Crippen molar-refractivity contribution in [3.63, 3.8) is 0 Å². The number of halogens is 1. The lowest BCUT2D eigenvalue weighted by atomic mass is 9.90. The number of hydrogen-bond acceptors (Lipinski definition) is 5. The van der Waals surface area contributed by atoms with Gasteiger partial charge in [-0.25, -0.2) is 9.97 Å². The quantitative estimate of drug-likeness (QED) is 0.722. The Bertz CT molecular complexity index is 944. The molecule has 1 aromatic carbocycles. The highest BCUT2D eigenvalue weighted by molar-refractivity contribution is 6.30. The van der Waals surface area contributed by atoms with E-state index in [9.17, 15) is 0 Å². The summed E-state index contributed by atoms with van der Waals surface area (Å²) in [5, 5.41) is 12.5. The van der Waals surface area contributed by atoms with Gasteiger partial charge in [-0.15, -0.1) is 0 Å². The van der Waals surface area contributed by atoms with Gasteiger partial charge in [-0.1, -0.05) is 23.7 Å². The summed E-state index contributed by atoms with van der Waals surface area (Å²) in [5.41, 5.74) is 2.49. The standard InChI is InChI=1S/C18H17ClN6/c19-17-12(9-20)10-21-18(24-17)23-13-4-3-5-14(8-13)25-11-22-15-6-1-2-7-16(15)25/h1-2,6-7,10-11,13-14H,3-5,8H2,(H,21,23,24)/t13-,14+/m1/s1. The zero-order valence-corrected chi connectivity index (χ0v) is 14.3. The van der Waals surface area contributed by atoms with E-state index >= 15 is 0 Å². The average molecular weight is 353 g/mol. The number of aromatic nitrogens is 4. The summed E-state index contributed by atoms with van der Waals surface area (Å²) < 4.78 is 2.27. The molecule has 4 rings (SSSR count). The average Bonchev–Trinajstić information content (AvgIpc) is 3.06. The SMILES string of the molecule is N#Cc1cnc(N[C@@H]2CCC[C@H](n3cnc4ccccc43)C2)nc1Cl. The summed E-state index contributed by atoms with van der Waals surface area (Å²) in [6.45, 7) is 0. The van der Waals surface area contributed by atoms with E-state index < -0.39 is 0 Å². The van der Waals surface area contributed by atoms with Crippen molar-refractivity contribution in [2.75, 3.05) is 5.32 Å². The Labute approximate surface area is 150 Å². The molecule has 1 aliphatic carbocycles. The summed E-state index contributed by atoms with van der Waals surface area (Å²) >= 11 is 6.00. The maximum atomic E-state index is 8.91. The largest absolute Gasteiger partial charge is 0.351 e. The lowest BCUT2D eigenvalue weighted by Gasteiger charge is -2.31. The molecule has 0 radical (unpaired) electrons. The molecular weight excluding hydrogens is 336 g/mol. The molecule has 0 bridgehead atoms. The van der Waals surface area contributed by atoms with Crippen LogP contribution in [0.3, 0.4) is 0 Å². The molecule has 25 heavy (non-hydrogen) atoms. The Morgan fingerprint density at radius 1 is 1.24 bits per heavy atom. The predicted octanol–water partition coefficient (Wildman–Crippen LogP) is 3.95. The molecule has 0 spiro atoms. The van der Waals surface area contributed by atoms with Crippen molar-refractivity contribution in [3.8, 4) is 6.07 Å². The summed E-state index contributed by atoms with van der Waals surface area (Å²) in [6, 6.07) is 10.8. The van der Waals surface area contributed by atoms with Crippen LogP contribution in [0.2, 0.25) is 5.15 Å². The van der Waals surface area contributed by atoms with Crippen LogP contribution in [0.15, 0.2) is 36.8 Å². The van der Waals surface area contributed by atoms with Crippen molar-refractivity contribution in [3.05, 3.63) is 47.5 Å². The number of anilines is 1. The molecule has 1 N–H and O–H groups in total.